The largest absolute Gasteiger partial charge is 0.234 e. The molecule has 0 saturated heterocycles. The van der Waals surface area contributed by atoms with E-state index in [9.17, 15) is 0 Å². The van der Waals surface area contributed by atoms with E-state index in [4.69, 9.17) is 23.2 Å². The number of hydrogen-bond acceptors (Lipinski definition) is 2. The summed E-state index contributed by atoms with van der Waals surface area (Å²) < 4.78 is 1.60. The Morgan fingerprint density at radius 2 is 1.89 bits per heavy atom. The molecule has 0 radical (unpaired) electrons. The summed E-state index contributed by atoms with van der Waals surface area (Å²) >= 11 is 12.3. The van der Waals surface area contributed by atoms with E-state index in [1.807, 2.05) is 37.3 Å². The summed E-state index contributed by atoms with van der Waals surface area (Å²) in [6.45, 7) is 1.90. The summed E-state index contributed by atoms with van der Waals surface area (Å²) in [5, 5.41) is 5.62. The van der Waals surface area contributed by atoms with Crippen LogP contribution in [0.5, 0.6) is 0 Å². The summed E-state index contributed by atoms with van der Waals surface area (Å²) in [5.74, 6) is 0. The van der Waals surface area contributed by atoms with E-state index >= 15 is 0 Å². The topological polar surface area (TPSA) is 30.2 Å². The molecule has 0 atom stereocenters. The number of fused-ring (bicyclic) bond motifs is 1. The highest BCUT2D eigenvalue weighted by atomic mass is 35.5. The van der Waals surface area contributed by atoms with E-state index in [1.165, 1.54) is 0 Å². The maximum atomic E-state index is 6.15. The lowest BCUT2D eigenvalue weighted by molar-refractivity contribution is 0.934. The van der Waals surface area contributed by atoms with E-state index in [0.717, 1.165) is 22.6 Å². The lowest BCUT2D eigenvalue weighted by Crippen LogP contribution is -1.93. The van der Waals surface area contributed by atoms with Crippen molar-refractivity contribution in [3.8, 4) is 11.3 Å². The fourth-order valence-electron chi connectivity index (χ4n) is 1.86. The fraction of sp³-hybridized carbons (Fsp3) is 0.0769. The molecular formula is C13H9Cl2N3. The Kier molecular flexibility index (Phi) is 2.73. The molecule has 5 heteroatoms. The summed E-state index contributed by atoms with van der Waals surface area (Å²) in [5.41, 5.74) is 3.21. The van der Waals surface area contributed by atoms with Crippen molar-refractivity contribution in [3.63, 3.8) is 0 Å². The second kappa shape index (κ2) is 4.26. The van der Waals surface area contributed by atoms with Gasteiger partial charge in [-0.3, -0.25) is 0 Å². The van der Waals surface area contributed by atoms with Gasteiger partial charge in [0, 0.05) is 17.3 Å². The third kappa shape index (κ3) is 1.85. The van der Waals surface area contributed by atoms with Crippen LogP contribution < -0.4 is 0 Å². The van der Waals surface area contributed by atoms with Gasteiger partial charge in [-0.2, -0.15) is 5.10 Å². The quantitative estimate of drug-likeness (QED) is 0.629. The van der Waals surface area contributed by atoms with Crippen LogP contribution in [0.4, 0.5) is 0 Å². The molecule has 3 aromatic rings. The predicted octanol–water partition coefficient (Wildman–Crippen LogP) is 4.01. The van der Waals surface area contributed by atoms with Crippen LogP contribution in [0.15, 0.2) is 36.4 Å². The molecule has 0 aliphatic rings. The van der Waals surface area contributed by atoms with E-state index in [-0.39, 0.29) is 0 Å². The van der Waals surface area contributed by atoms with Crippen LogP contribution >= 0.6 is 23.2 Å². The highest BCUT2D eigenvalue weighted by Gasteiger charge is 2.10. The van der Waals surface area contributed by atoms with Crippen molar-refractivity contribution in [2.45, 2.75) is 6.92 Å². The normalized spacial score (nSPS) is 11.1. The number of benzene rings is 1. The van der Waals surface area contributed by atoms with Gasteiger partial charge in [0.15, 0.2) is 5.65 Å². The summed E-state index contributed by atoms with van der Waals surface area (Å²) in [6, 6.07) is 11.2. The van der Waals surface area contributed by atoms with Gasteiger partial charge in [0.2, 0.25) is 0 Å². The molecule has 0 spiro atoms. The zero-order valence-electron chi connectivity index (χ0n) is 9.56. The Labute approximate surface area is 114 Å². The molecule has 0 aliphatic heterocycles. The maximum absolute atomic E-state index is 6.15. The van der Waals surface area contributed by atoms with Crippen LogP contribution in [-0.2, 0) is 0 Å². The monoisotopic (exact) mass is 277 g/mol. The zero-order valence-corrected chi connectivity index (χ0v) is 11.1. The van der Waals surface area contributed by atoms with Crippen LogP contribution in [0.1, 0.15) is 5.69 Å². The molecule has 18 heavy (non-hydrogen) atoms. The predicted molar refractivity (Wildman–Crippen MR) is 73.2 cm³/mol. The summed E-state index contributed by atoms with van der Waals surface area (Å²) in [7, 11) is 0. The van der Waals surface area contributed by atoms with Gasteiger partial charge in [-0.05, 0) is 19.1 Å². The third-order valence-electron chi connectivity index (χ3n) is 2.66. The van der Waals surface area contributed by atoms with Crippen molar-refractivity contribution < 1.29 is 0 Å². The van der Waals surface area contributed by atoms with E-state index in [1.54, 1.807) is 10.6 Å². The minimum atomic E-state index is 0.538. The van der Waals surface area contributed by atoms with Gasteiger partial charge in [-0.15, -0.1) is 0 Å². The fourth-order valence-corrected chi connectivity index (χ4v) is 2.37. The maximum Gasteiger partial charge on any atom is 0.157 e. The van der Waals surface area contributed by atoms with Crippen molar-refractivity contribution in [2.75, 3.05) is 0 Å². The zero-order chi connectivity index (χ0) is 12.7. The number of nitrogens with zero attached hydrogens (tertiary/aromatic N) is 3. The molecule has 3 rings (SSSR count). The Balaban J connectivity index is 2.26. The van der Waals surface area contributed by atoms with Gasteiger partial charge < -0.3 is 0 Å². The second-order valence-electron chi connectivity index (χ2n) is 4.00. The van der Waals surface area contributed by atoms with Gasteiger partial charge in [0.1, 0.15) is 5.15 Å². The summed E-state index contributed by atoms with van der Waals surface area (Å²) in [6.07, 6.45) is 0. The molecule has 0 unspecified atom stereocenters. The molecule has 0 saturated carbocycles. The smallest absolute Gasteiger partial charge is 0.157 e. The van der Waals surface area contributed by atoms with Crippen LogP contribution in [0.3, 0.4) is 0 Å². The minimum absolute atomic E-state index is 0.538. The Morgan fingerprint density at radius 3 is 2.67 bits per heavy atom. The number of rotatable bonds is 1. The van der Waals surface area contributed by atoms with Crippen molar-refractivity contribution in [2.24, 2.45) is 0 Å². The summed E-state index contributed by atoms with van der Waals surface area (Å²) in [4.78, 5) is 4.39. The SMILES string of the molecule is Cc1cc(Cl)n2nc(-c3ccccc3Cl)cc2n1. The standard InChI is InChI=1S/C13H9Cl2N3/c1-8-6-12(15)18-13(16-8)7-11(17-18)9-4-2-3-5-10(9)14/h2-7H,1H3. The molecular weight excluding hydrogens is 269 g/mol. The molecule has 0 aliphatic carbocycles. The average Bonchev–Trinajstić information content (AvgIpc) is 2.73. The number of aromatic nitrogens is 3. The molecule has 0 bridgehead atoms. The highest BCUT2D eigenvalue weighted by Crippen LogP contribution is 2.27. The first-order valence-corrected chi connectivity index (χ1v) is 6.18. The van der Waals surface area contributed by atoms with Crippen LogP contribution in [0, 0.1) is 6.92 Å². The molecule has 1 aromatic carbocycles. The number of halogens is 2. The van der Waals surface area contributed by atoms with Gasteiger partial charge in [0.05, 0.1) is 10.7 Å². The molecule has 0 N–H and O–H groups in total. The van der Waals surface area contributed by atoms with Crippen molar-refractivity contribution >= 4 is 28.8 Å². The molecule has 2 heterocycles. The van der Waals surface area contributed by atoms with Crippen LogP contribution in [0.25, 0.3) is 16.9 Å². The average molecular weight is 278 g/mol. The molecule has 0 fully saturated rings. The molecule has 0 amide bonds. The first-order chi connectivity index (χ1) is 8.65. The van der Waals surface area contributed by atoms with Gasteiger partial charge in [-0.25, -0.2) is 9.50 Å². The van der Waals surface area contributed by atoms with Crippen LogP contribution in [0.2, 0.25) is 10.2 Å². The number of aryl methyl sites for hydroxylation is 1. The third-order valence-corrected chi connectivity index (χ3v) is 3.26. The Hall–Kier alpha value is -1.58. The first-order valence-electron chi connectivity index (χ1n) is 5.43. The van der Waals surface area contributed by atoms with E-state index < -0.39 is 0 Å². The second-order valence-corrected chi connectivity index (χ2v) is 4.79. The van der Waals surface area contributed by atoms with Gasteiger partial charge in [0.25, 0.3) is 0 Å². The van der Waals surface area contributed by atoms with Crippen molar-refractivity contribution in [3.05, 3.63) is 52.3 Å². The lowest BCUT2D eigenvalue weighted by Gasteiger charge is -1.98. The van der Waals surface area contributed by atoms with E-state index in [0.29, 0.717) is 10.2 Å². The molecule has 90 valence electrons. The molecule has 3 nitrogen and oxygen atoms in total. The van der Waals surface area contributed by atoms with Crippen molar-refractivity contribution in [1.82, 2.24) is 14.6 Å². The Morgan fingerprint density at radius 1 is 1.11 bits per heavy atom. The molecule has 2 aromatic heterocycles. The van der Waals surface area contributed by atoms with Crippen LogP contribution in [-0.4, -0.2) is 14.6 Å². The van der Waals surface area contributed by atoms with Crippen molar-refractivity contribution in [1.29, 1.82) is 0 Å². The Bertz CT molecular complexity index is 734. The lowest BCUT2D eigenvalue weighted by atomic mass is 10.1. The number of hydrogen-bond donors (Lipinski definition) is 0. The minimum Gasteiger partial charge on any atom is -0.234 e. The van der Waals surface area contributed by atoms with Gasteiger partial charge >= 0.3 is 0 Å². The van der Waals surface area contributed by atoms with E-state index in [2.05, 4.69) is 10.1 Å². The highest BCUT2D eigenvalue weighted by molar-refractivity contribution is 6.33. The van der Waals surface area contributed by atoms with Gasteiger partial charge in [-0.1, -0.05) is 41.4 Å². The first kappa shape index (κ1) is 11.5.